The number of nitrogens with two attached hydrogens (primary N) is 1. The van der Waals surface area contributed by atoms with Crippen LogP contribution in [0.25, 0.3) is 0 Å². The van der Waals surface area contributed by atoms with Crippen molar-refractivity contribution in [3.8, 4) is 0 Å². The number of aryl methyl sites for hydroxylation is 1. The summed E-state index contributed by atoms with van der Waals surface area (Å²) in [5, 5.41) is 4.06. The zero-order valence-electron chi connectivity index (χ0n) is 9.23. The van der Waals surface area contributed by atoms with Crippen molar-refractivity contribution in [1.29, 1.82) is 0 Å². The van der Waals surface area contributed by atoms with E-state index < -0.39 is 5.92 Å². The minimum atomic E-state index is -0.423. The topological polar surface area (TPSA) is 83.0 Å². The summed E-state index contributed by atoms with van der Waals surface area (Å²) in [7, 11) is 1.68. The van der Waals surface area contributed by atoms with Gasteiger partial charge in [-0.15, -0.1) is 0 Å². The van der Waals surface area contributed by atoms with Crippen LogP contribution in [0.3, 0.4) is 0 Å². The maximum Gasteiger partial charge on any atom is 0.316 e. The zero-order chi connectivity index (χ0) is 11.4. The molecule has 0 amide bonds. The lowest BCUT2D eigenvalue weighted by atomic mass is 10.1. The molecule has 6 nitrogen and oxygen atoms in total. The van der Waals surface area contributed by atoms with Gasteiger partial charge in [0.2, 0.25) is 5.95 Å². The summed E-state index contributed by atoms with van der Waals surface area (Å²) in [4.78, 5) is 15.6. The van der Waals surface area contributed by atoms with E-state index in [1.165, 1.54) is 4.68 Å². The van der Waals surface area contributed by atoms with E-state index in [0.717, 1.165) is 0 Å². The summed E-state index contributed by atoms with van der Waals surface area (Å²) in [5.41, 5.74) is 5.54. The number of anilines is 1. The van der Waals surface area contributed by atoms with Gasteiger partial charge >= 0.3 is 5.97 Å². The number of rotatable bonds is 4. The quantitative estimate of drug-likeness (QED) is 0.733. The highest BCUT2D eigenvalue weighted by Gasteiger charge is 2.24. The van der Waals surface area contributed by atoms with E-state index >= 15 is 0 Å². The van der Waals surface area contributed by atoms with Crippen LogP contribution in [0.1, 0.15) is 32.0 Å². The minimum Gasteiger partial charge on any atom is -0.465 e. The van der Waals surface area contributed by atoms with Crippen molar-refractivity contribution in [2.45, 2.75) is 26.2 Å². The largest absolute Gasteiger partial charge is 0.465 e. The third-order valence-corrected chi connectivity index (χ3v) is 2.10. The molecule has 0 aliphatic carbocycles. The van der Waals surface area contributed by atoms with Crippen molar-refractivity contribution in [2.75, 3.05) is 12.3 Å². The molecule has 0 saturated heterocycles. The number of hydrogen-bond acceptors (Lipinski definition) is 5. The lowest BCUT2D eigenvalue weighted by molar-refractivity contribution is -0.145. The number of aromatic nitrogens is 3. The predicted octanol–water partition coefficient (Wildman–Crippen LogP) is 0.454. The molecule has 1 rings (SSSR count). The van der Waals surface area contributed by atoms with E-state index in [2.05, 4.69) is 10.1 Å². The number of esters is 1. The minimum absolute atomic E-state index is 0.299. The van der Waals surface area contributed by atoms with Crippen molar-refractivity contribution in [3.63, 3.8) is 0 Å². The van der Waals surface area contributed by atoms with Crippen LogP contribution in [-0.2, 0) is 16.6 Å². The highest BCUT2D eigenvalue weighted by molar-refractivity contribution is 5.77. The van der Waals surface area contributed by atoms with Gasteiger partial charge in [0.25, 0.3) is 0 Å². The highest BCUT2D eigenvalue weighted by Crippen LogP contribution is 2.18. The first-order valence-corrected chi connectivity index (χ1v) is 4.93. The molecule has 0 radical (unpaired) electrons. The van der Waals surface area contributed by atoms with E-state index in [0.29, 0.717) is 24.8 Å². The number of carbonyl (C=O) groups excluding carboxylic acids is 1. The van der Waals surface area contributed by atoms with Gasteiger partial charge in [0, 0.05) is 7.05 Å². The third-order valence-electron chi connectivity index (χ3n) is 2.10. The fraction of sp³-hybridized carbons (Fsp3) is 0.667. The van der Waals surface area contributed by atoms with Gasteiger partial charge in [0.1, 0.15) is 5.92 Å². The van der Waals surface area contributed by atoms with Gasteiger partial charge in [-0.2, -0.15) is 10.1 Å². The first kappa shape index (κ1) is 11.5. The fourth-order valence-electron chi connectivity index (χ4n) is 1.26. The Morgan fingerprint density at radius 3 is 2.67 bits per heavy atom. The molecule has 0 saturated carbocycles. The van der Waals surface area contributed by atoms with Crippen LogP contribution >= 0.6 is 0 Å². The van der Waals surface area contributed by atoms with E-state index in [1.807, 2.05) is 6.92 Å². The monoisotopic (exact) mass is 212 g/mol. The van der Waals surface area contributed by atoms with Gasteiger partial charge < -0.3 is 10.5 Å². The Bertz CT molecular complexity index is 328. The summed E-state index contributed by atoms with van der Waals surface area (Å²) < 4.78 is 6.37. The molecule has 2 N–H and O–H groups in total. The predicted molar refractivity (Wildman–Crippen MR) is 55.1 cm³/mol. The molecular formula is C9H16N4O2. The van der Waals surface area contributed by atoms with Crippen LogP contribution in [-0.4, -0.2) is 27.3 Å². The van der Waals surface area contributed by atoms with Gasteiger partial charge in [-0.1, -0.05) is 6.92 Å². The van der Waals surface area contributed by atoms with Crippen LogP contribution in [0.4, 0.5) is 5.95 Å². The molecular weight excluding hydrogens is 196 g/mol. The standard InChI is InChI=1S/C9H16N4O2/c1-4-6(8(14)15-5-2)7-11-9(10)13(3)12-7/h6H,4-5H2,1-3H3,(H2,10,11,12). The molecule has 0 aliphatic rings. The second-order valence-electron chi connectivity index (χ2n) is 3.16. The van der Waals surface area contributed by atoms with E-state index in [-0.39, 0.29) is 5.97 Å². The molecule has 84 valence electrons. The van der Waals surface area contributed by atoms with Crippen LogP contribution in [0.15, 0.2) is 0 Å². The Balaban J connectivity index is 2.87. The lowest BCUT2D eigenvalue weighted by Crippen LogP contribution is -2.16. The summed E-state index contributed by atoms with van der Waals surface area (Å²) in [6.07, 6.45) is 0.599. The normalized spacial score (nSPS) is 12.5. The molecule has 0 spiro atoms. The first-order chi connectivity index (χ1) is 7.10. The summed E-state index contributed by atoms with van der Waals surface area (Å²) in [5.74, 6) is 0.00254. The van der Waals surface area contributed by atoms with Crippen LogP contribution in [0.5, 0.6) is 0 Å². The second-order valence-corrected chi connectivity index (χ2v) is 3.16. The van der Waals surface area contributed by atoms with Crippen LogP contribution in [0, 0.1) is 0 Å². The summed E-state index contributed by atoms with van der Waals surface area (Å²) in [6, 6.07) is 0. The van der Waals surface area contributed by atoms with E-state index in [9.17, 15) is 4.79 Å². The average molecular weight is 212 g/mol. The molecule has 6 heteroatoms. The lowest BCUT2D eigenvalue weighted by Gasteiger charge is -2.09. The molecule has 0 bridgehead atoms. The van der Waals surface area contributed by atoms with Gasteiger partial charge in [-0.25, -0.2) is 4.68 Å². The number of hydrogen-bond donors (Lipinski definition) is 1. The summed E-state index contributed by atoms with van der Waals surface area (Å²) in [6.45, 7) is 4.01. The molecule has 0 aliphatic heterocycles. The Labute approximate surface area is 88.4 Å². The molecule has 1 unspecified atom stereocenters. The van der Waals surface area contributed by atoms with Gasteiger partial charge in [0.15, 0.2) is 5.82 Å². The molecule has 0 fully saturated rings. The Hall–Kier alpha value is -1.59. The smallest absolute Gasteiger partial charge is 0.316 e. The maximum atomic E-state index is 11.5. The van der Waals surface area contributed by atoms with Crippen molar-refractivity contribution in [2.24, 2.45) is 7.05 Å². The first-order valence-electron chi connectivity index (χ1n) is 4.93. The molecule has 0 aromatic carbocycles. The van der Waals surface area contributed by atoms with Crippen molar-refractivity contribution in [1.82, 2.24) is 14.8 Å². The Morgan fingerprint density at radius 1 is 1.60 bits per heavy atom. The molecule has 1 aromatic heterocycles. The van der Waals surface area contributed by atoms with Gasteiger partial charge in [0.05, 0.1) is 6.61 Å². The second kappa shape index (κ2) is 4.77. The van der Waals surface area contributed by atoms with Crippen LogP contribution < -0.4 is 5.73 Å². The van der Waals surface area contributed by atoms with Crippen molar-refractivity contribution < 1.29 is 9.53 Å². The number of ether oxygens (including phenoxy) is 1. The number of nitrogen functional groups attached to an aromatic ring is 1. The van der Waals surface area contributed by atoms with Crippen molar-refractivity contribution in [3.05, 3.63) is 5.82 Å². The third kappa shape index (κ3) is 2.45. The van der Waals surface area contributed by atoms with E-state index in [1.54, 1.807) is 14.0 Å². The Kier molecular flexibility index (Phi) is 3.65. The highest BCUT2D eigenvalue weighted by atomic mass is 16.5. The van der Waals surface area contributed by atoms with Crippen molar-refractivity contribution >= 4 is 11.9 Å². The fourth-order valence-corrected chi connectivity index (χ4v) is 1.26. The zero-order valence-corrected chi connectivity index (χ0v) is 9.23. The number of nitrogens with zero attached hydrogens (tertiary/aromatic N) is 3. The molecule has 1 heterocycles. The SMILES string of the molecule is CCOC(=O)C(CC)c1nc(N)n(C)n1. The summed E-state index contributed by atoms with van der Waals surface area (Å²) >= 11 is 0. The Morgan fingerprint density at radius 2 is 2.27 bits per heavy atom. The van der Waals surface area contributed by atoms with Gasteiger partial charge in [-0.3, -0.25) is 4.79 Å². The van der Waals surface area contributed by atoms with Gasteiger partial charge in [-0.05, 0) is 13.3 Å². The van der Waals surface area contributed by atoms with Crippen LogP contribution in [0.2, 0.25) is 0 Å². The average Bonchev–Trinajstić information content (AvgIpc) is 2.48. The maximum absolute atomic E-state index is 11.5. The molecule has 1 aromatic rings. The number of carbonyl (C=O) groups is 1. The molecule has 1 atom stereocenters. The molecule has 15 heavy (non-hydrogen) atoms. The van der Waals surface area contributed by atoms with E-state index in [4.69, 9.17) is 10.5 Å².